The van der Waals surface area contributed by atoms with Gasteiger partial charge in [0.25, 0.3) is 0 Å². The van der Waals surface area contributed by atoms with E-state index in [1.807, 2.05) is 30.3 Å². The van der Waals surface area contributed by atoms with E-state index >= 15 is 0 Å². The van der Waals surface area contributed by atoms with Gasteiger partial charge >= 0.3 is 7.48 Å². The first-order valence-corrected chi connectivity index (χ1v) is 5.40. The zero-order valence-electron chi connectivity index (χ0n) is 9.39. The molecule has 79 valence electrons. The van der Waals surface area contributed by atoms with Crippen LogP contribution >= 0.6 is 0 Å². The molecule has 0 atom stereocenters. The Morgan fingerprint density at radius 3 is 2.56 bits per heavy atom. The Morgan fingerprint density at radius 2 is 1.81 bits per heavy atom. The van der Waals surface area contributed by atoms with Gasteiger partial charge in [-0.3, -0.25) is 0 Å². The fraction of sp³-hybridized carbons (Fsp3) is 0.143. The van der Waals surface area contributed by atoms with Crippen molar-refractivity contribution in [3.8, 4) is 0 Å². The molecule has 0 aliphatic carbocycles. The summed E-state index contributed by atoms with van der Waals surface area (Å²) in [6, 6.07) is 18.4. The molecular weight excluding hydrogens is 195 g/mol. The predicted octanol–water partition coefficient (Wildman–Crippen LogP) is 2.46. The highest BCUT2D eigenvalue weighted by atomic mass is 16.4. The van der Waals surface area contributed by atoms with Crippen molar-refractivity contribution in [2.45, 2.75) is 13.5 Å². The van der Waals surface area contributed by atoms with Crippen LogP contribution in [0.5, 0.6) is 0 Å². The summed E-state index contributed by atoms with van der Waals surface area (Å²) in [6.07, 6.45) is 0. The van der Waals surface area contributed by atoms with Gasteiger partial charge in [0.15, 0.2) is 0 Å². The number of hydrogen-bond acceptors (Lipinski definition) is 1. The maximum Gasteiger partial charge on any atom is 0.330 e. The van der Waals surface area contributed by atoms with Gasteiger partial charge in [-0.25, -0.2) is 0 Å². The Balaban J connectivity index is 1.85. The van der Waals surface area contributed by atoms with Gasteiger partial charge in [-0.05, 0) is 12.5 Å². The van der Waals surface area contributed by atoms with Gasteiger partial charge < -0.3 is 4.65 Å². The molecule has 1 nitrogen and oxygen atoms in total. The molecule has 0 heterocycles. The van der Waals surface area contributed by atoms with Gasteiger partial charge in [-0.15, -0.1) is 0 Å². The third-order valence-electron chi connectivity index (χ3n) is 2.35. The second kappa shape index (κ2) is 5.52. The molecule has 0 amide bonds. The molecular formula is C14H14BO. The Bertz CT molecular complexity index is 439. The minimum absolute atomic E-state index is 0.622. The fourth-order valence-corrected chi connectivity index (χ4v) is 1.57. The molecule has 0 spiro atoms. The Labute approximate surface area is 97.4 Å². The van der Waals surface area contributed by atoms with Crippen LogP contribution in [-0.2, 0) is 11.3 Å². The molecule has 1 radical (unpaired) electrons. The lowest BCUT2D eigenvalue weighted by atomic mass is 9.88. The van der Waals surface area contributed by atoms with Gasteiger partial charge in [0.2, 0.25) is 0 Å². The largest absolute Gasteiger partial charge is 0.430 e. The lowest BCUT2D eigenvalue weighted by Crippen LogP contribution is -2.16. The maximum absolute atomic E-state index is 5.54. The normalized spacial score (nSPS) is 10.1. The average Bonchev–Trinajstić information content (AvgIpc) is 2.30. The van der Waals surface area contributed by atoms with E-state index in [0.29, 0.717) is 6.61 Å². The Kier molecular flexibility index (Phi) is 3.78. The van der Waals surface area contributed by atoms with E-state index in [9.17, 15) is 0 Å². The topological polar surface area (TPSA) is 9.23 Å². The van der Waals surface area contributed by atoms with Crippen molar-refractivity contribution in [2.75, 3.05) is 0 Å². The van der Waals surface area contributed by atoms with E-state index in [1.54, 1.807) is 7.48 Å². The standard InChI is InChI=1S/C14H14BO/c1-12-6-5-7-13(10-12)11-16-15-14-8-3-2-4-9-14/h2-10H,11H2,1H3. The molecule has 0 aliphatic rings. The van der Waals surface area contributed by atoms with E-state index in [0.717, 1.165) is 5.46 Å². The third-order valence-corrected chi connectivity index (χ3v) is 2.35. The van der Waals surface area contributed by atoms with Crippen molar-refractivity contribution in [2.24, 2.45) is 0 Å². The minimum atomic E-state index is 0.622. The van der Waals surface area contributed by atoms with Crippen LogP contribution in [0.1, 0.15) is 11.1 Å². The van der Waals surface area contributed by atoms with Crippen LogP contribution in [0.15, 0.2) is 54.6 Å². The van der Waals surface area contributed by atoms with E-state index in [4.69, 9.17) is 4.65 Å². The van der Waals surface area contributed by atoms with E-state index < -0.39 is 0 Å². The first-order chi connectivity index (χ1) is 7.84. The van der Waals surface area contributed by atoms with Gasteiger partial charge in [-0.1, -0.05) is 65.6 Å². The van der Waals surface area contributed by atoms with Crippen LogP contribution in [0.3, 0.4) is 0 Å². The monoisotopic (exact) mass is 209 g/mol. The molecule has 0 N–H and O–H groups in total. The van der Waals surface area contributed by atoms with Crippen molar-refractivity contribution in [3.05, 3.63) is 65.7 Å². The third kappa shape index (κ3) is 3.25. The Hall–Kier alpha value is -1.54. The zero-order valence-corrected chi connectivity index (χ0v) is 9.39. The molecule has 2 heteroatoms. The molecule has 16 heavy (non-hydrogen) atoms. The highest BCUT2D eigenvalue weighted by Gasteiger charge is 1.97. The second-order valence-electron chi connectivity index (χ2n) is 3.83. The molecule has 0 bridgehead atoms. The number of hydrogen-bond donors (Lipinski definition) is 0. The summed E-state index contributed by atoms with van der Waals surface area (Å²) in [5, 5.41) is 0. The summed E-state index contributed by atoms with van der Waals surface area (Å²) in [4.78, 5) is 0. The quantitative estimate of drug-likeness (QED) is 0.702. The molecule has 0 aliphatic heterocycles. The SMILES string of the molecule is Cc1cccc(CO[B]c2ccccc2)c1. The van der Waals surface area contributed by atoms with E-state index in [1.165, 1.54) is 11.1 Å². The van der Waals surface area contributed by atoms with Gasteiger partial charge in [0, 0.05) is 0 Å². The molecule has 0 aromatic heterocycles. The molecule has 2 rings (SSSR count). The van der Waals surface area contributed by atoms with Crippen molar-refractivity contribution in [3.63, 3.8) is 0 Å². The van der Waals surface area contributed by atoms with Crippen molar-refractivity contribution in [1.82, 2.24) is 0 Å². The summed E-state index contributed by atoms with van der Waals surface area (Å²) in [6.45, 7) is 2.71. The van der Waals surface area contributed by atoms with Crippen molar-refractivity contribution < 1.29 is 4.65 Å². The molecule has 0 fully saturated rings. The molecule has 0 saturated heterocycles. The molecule has 0 saturated carbocycles. The lowest BCUT2D eigenvalue weighted by Gasteiger charge is -2.04. The van der Waals surface area contributed by atoms with Crippen LogP contribution in [0, 0.1) is 6.92 Å². The van der Waals surface area contributed by atoms with E-state index in [-0.39, 0.29) is 0 Å². The number of benzene rings is 2. The highest BCUT2D eigenvalue weighted by molar-refractivity contribution is 6.46. The first kappa shape index (κ1) is 11.0. The summed E-state index contributed by atoms with van der Waals surface area (Å²) in [7, 11) is 1.79. The zero-order chi connectivity index (χ0) is 11.2. The molecule has 2 aromatic rings. The second-order valence-corrected chi connectivity index (χ2v) is 3.83. The van der Waals surface area contributed by atoms with Gasteiger partial charge in [0.05, 0.1) is 6.61 Å². The van der Waals surface area contributed by atoms with Crippen LogP contribution in [-0.4, -0.2) is 7.48 Å². The van der Waals surface area contributed by atoms with Crippen LogP contribution < -0.4 is 5.46 Å². The smallest absolute Gasteiger partial charge is 0.330 e. The fourth-order valence-electron chi connectivity index (χ4n) is 1.57. The minimum Gasteiger partial charge on any atom is -0.430 e. The lowest BCUT2D eigenvalue weighted by molar-refractivity contribution is 0.330. The van der Waals surface area contributed by atoms with Crippen LogP contribution in [0.4, 0.5) is 0 Å². The summed E-state index contributed by atoms with van der Waals surface area (Å²) >= 11 is 0. The van der Waals surface area contributed by atoms with Crippen molar-refractivity contribution >= 4 is 12.9 Å². The highest BCUT2D eigenvalue weighted by Crippen LogP contribution is 2.04. The first-order valence-electron chi connectivity index (χ1n) is 5.40. The number of rotatable bonds is 4. The van der Waals surface area contributed by atoms with Crippen LogP contribution in [0.25, 0.3) is 0 Å². The molecule has 0 unspecified atom stereocenters. The number of aryl methyl sites for hydroxylation is 1. The van der Waals surface area contributed by atoms with Crippen LogP contribution in [0.2, 0.25) is 0 Å². The van der Waals surface area contributed by atoms with Crippen molar-refractivity contribution in [1.29, 1.82) is 0 Å². The van der Waals surface area contributed by atoms with E-state index in [2.05, 4.69) is 31.2 Å². The average molecular weight is 209 g/mol. The molecule has 2 aromatic carbocycles. The van der Waals surface area contributed by atoms with Gasteiger partial charge in [-0.2, -0.15) is 0 Å². The predicted molar refractivity (Wildman–Crippen MR) is 67.8 cm³/mol. The Morgan fingerprint density at radius 1 is 1.00 bits per heavy atom. The van der Waals surface area contributed by atoms with Gasteiger partial charge in [0.1, 0.15) is 0 Å². The summed E-state index contributed by atoms with van der Waals surface area (Å²) < 4.78 is 5.54. The summed E-state index contributed by atoms with van der Waals surface area (Å²) in [5.41, 5.74) is 3.56. The summed E-state index contributed by atoms with van der Waals surface area (Å²) in [5.74, 6) is 0. The maximum atomic E-state index is 5.54.